The van der Waals surface area contributed by atoms with Crippen LogP contribution in [0.3, 0.4) is 0 Å². The van der Waals surface area contributed by atoms with E-state index in [0.717, 1.165) is 50.0 Å². The Balaban J connectivity index is 1.90. The van der Waals surface area contributed by atoms with E-state index in [4.69, 9.17) is 4.74 Å². The van der Waals surface area contributed by atoms with Gasteiger partial charge in [-0.25, -0.2) is 0 Å². The molecule has 1 aromatic carbocycles. The van der Waals surface area contributed by atoms with Crippen LogP contribution in [0.25, 0.3) is 0 Å². The van der Waals surface area contributed by atoms with E-state index in [9.17, 15) is 9.59 Å². The molecule has 1 aliphatic heterocycles. The molecule has 0 radical (unpaired) electrons. The molecule has 1 N–H and O–H groups in total. The zero-order chi connectivity index (χ0) is 19.2. The van der Waals surface area contributed by atoms with Gasteiger partial charge in [-0.15, -0.1) is 0 Å². The van der Waals surface area contributed by atoms with E-state index >= 15 is 0 Å². The average molecular weight is 360 g/mol. The number of nitrogens with zero attached hydrogens (tertiary/aromatic N) is 1. The van der Waals surface area contributed by atoms with Gasteiger partial charge in [-0.1, -0.05) is 19.1 Å². The normalized spacial score (nSPS) is 17.7. The molecule has 26 heavy (non-hydrogen) atoms. The predicted molar refractivity (Wildman–Crippen MR) is 103 cm³/mol. The van der Waals surface area contributed by atoms with Gasteiger partial charge >= 0.3 is 0 Å². The molecule has 1 heterocycles. The SMILES string of the molecule is CCC1CCCCN1C(=O)C(C)(C)C(=O)NCCc1ccc(OC)cc1. The number of hydrogen-bond donors (Lipinski definition) is 1. The number of carbonyl (C=O) groups is 2. The Morgan fingerprint density at radius 1 is 1.23 bits per heavy atom. The van der Waals surface area contributed by atoms with Crippen LogP contribution in [0.2, 0.25) is 0 Å². The maximum atomic E-state index is 13.0. The zero-order valence-corrected chi connectivity index (χ0v) is 16.5. The summed E-state index contributed by atoms with van der Waals surface area (Å²) in [6.45, 7) is 6.86. The minimum Gasteiger partial charge on any atom is -0.497 e. The molecule has 5 nitrogen and oxygen atoms in total. The molecule has 0 aromatic heterocycles. The molecule has 1 unspecified atom stereocenters. The van der Waals surface area contributed by atoms with E-state index in [1.54, 1.807) is 21.0 Å². The number of hydrogen-bond acceptors (Lipinski definition) is 3. The Morgan fingerprint density at radius 2 is 1.92 bits per heavy atom. The van der Waals surface area contributed by atoms with Crippen molar-refractivity contribution in [1.82, 2.24) is 10.2 Å². The van der Waals surface area contributed by atoms with E-state index in [-0.39, 0.29) is 17.9 Å². The van der Waals surface area contributed by atoms with Gasteiger partial charge in [0.15, 0.2) is 0 Å². The molecular weight excluding hydrogens is 328 g/mol. The highest BCUT2D eigenvalue weighted by Gasteiger charge is 2.41. The first kappa shape index (κ1) is 20.3. The van der Waals surface area contributed by atoms with Crippen molar-refractivity contribution in [3.05, 3.63) is 29.8 Å². The minimum atomic E-state index is -1.04. The summed E-state index contributed by atoms with van der Waals surface area (Å²) in [5.74, 6) is 0.568. The van der Waals surface area contributed by atoms with Crippen molar-refractivity contribution in [3.8, 4) is 5.75 Å². The van der Waals surface area contributed by atoms with Gasteiger partial charge in [0.25, 0.3) is 0 Å². The lowest BCUT2D eigenvalue weighted by Crippen LogP contribution is -2.54. The molecule has 0 saturated carbocycles. The summed E-state index contributed by atoms with van der Waals surface area (Å²) in [7, 11) is 1.64. The number of amides is 2. The lowest BCUT2D eigenvalue weighted by molar-refractivity contribution is -0.151. The van der Waals surface area contributed by atoms with Gasteiger partial charge in [-0.3, -0.25) is 9.59 Å². The second kappa shape index (κ2) is 9.06. The van der Waals surface area contributed by atoms with Crippen molar-refractivity contribution in [2.24, 2.45) is 5.41 Å². The van der Waals surface area contributed by atoms with Crippen molar-refractivity contribution in [1.29, 1.82) is 0 Å². The third-order valence-electron chi connectivity index (χ3n) is 5.32. The molecule has 1 aliphatic rings. The molecule has 0 aliphatic carbocycles. The first-order valence-electron chi connectivity index (χ1n) is 9.62. The third-order valence-corrected chi connectivity index (χ3v) is 5.32. The van der Waals surface area contributed by atoms with Crippen LogP contribution in [0.1, 0.15) is 52.0 Å². The molecule has 2 rings (SSSR count). The van der Waals surface area contributed by atoms with E-state index in [0.29, 0.717) is 6.54 Å². The fourth-order valence-corrected chi connectivity index (χ4v) is 3.48. The number of nitrogens with one attached hydrogen (secondary N) is 1. The smallest absolute Gasteiger partial charge is 0.237 e. The lowest BCUT2D eigenvalue weighted by Gasteiger charge is -2.39. The fraction of sp³-hybridized carbons (Fsp3) is 0.619. The number of likely N-dealkylation sites (tertiary alicyclic amines) is 1. The van der Waals surface area contributed by atoms with Gasteiger partial charge in [0.2, 0.25) is 11.8 Å². The van der Waals surface area contributed by atoms with Crippen LogP contribution in [-0.2, 0) is 16.0 Å². The van der Waals surface area contributed by atoms with Crippen molar-refractivity contribution in [2.45, 2.75) is 58.9 Å². The number of rotatable bonds is 7. The lowest BCUT2D eigenvalue weighted by atomic mass is 9.87. The monoisotopic (exact) mass is 360 g/mol. The summed E-state index contributed by atoms with van der Waals surface area (Å²) in [5.41, 5.74) is 0.0855. The number of benzene rings is 1. The maximum Gasteiger partial charge on any atom is 0.237 e. The first-order valence-corrected chi connectivity index (χ1v) is 9.62. The fourth-order valence-electron chi connectivity index (χ4n) is 3.48. The van der Waals surface area contributed by atoms with E-state index in [1.807, 2.05) is 29.2 Å². The van der Waals surface area contributed by atoms with Crippen LogP contribution >= 0.6 is 0 Å². The number of ether oxygens (including phenoxy) is 1. The number of carbonyl (C=O) groups excluding carboxylic acids is 2. The molecule has 1 aromatic rings. The largest absolute Gasteiger partial charge is 0.497 e. The summed E-state index contributed by atoms with van der Waals surface area (Å²) in [4.78, 5) is 27.6. The molecule has 1 saturated heterocycles. The van der Waals surface area contributed by atoms with Gasteiger partial charge in [-0.2, -0.15) is 0 Å². The van der Waals surface area contributed by atoms with Crippen LogP contribution in [0.4, 0.5) is 0 Å². The van der Waals surface area contributed by atoms with Gasteiger partial charge in [0.1, 0.15) is 11.2 Å². The van der Waals surface area contributed by atoms with Crippen molar-refractivity contribution < 1.29 is 14.3 Å². The van der Waals surface area contributed by atoms with Gasteiger partial charge in [-0.05, 0) is 63.6 Å². The maximum absolute atomic E-state index is 13.0. The van der Waals surface area contributed by atoms with E-state index in [1.165, 1.54) is 0 Å². The standard InChI is InChI=1S/C21H32N2O3/c1-5-17-8-6-7-15-23(17)20(25)21(2,3)19(24)22-14-13-16-9-11-18(26-4)12-10-16/h9-12,17H,5-8,13-15H2,1-4H3,(H,22,24). The molecule has 5 heteroatoms. The van der Waals surface area contributed by atoms with Crippen molar-refractivity contribution >= 4 is 11.8 Å². The summed E-state index contributed by atoms with van der Waals surface area (Å²) in [6, 6.07) is 8.06. The molecule has 1 fully saturated rings. The van der Waals surface area contributed by atoms with Crippen LogP contribution in [0.5, 0.6) is 5.75 Å². The Morgan fingerprint density at radius 3 is 2.54 bits per heavy atom. The third kappa shape index (κ3) is 4.77. The molecule has 2 amide bonds. The summed E-state index contributed by atoms with van der Waals surface area (Å²) in [6.07, 6.45) is 4.90. The van der Waals surface area contributed by atoms with Crippen molar-refractivity contribution in [2.75, 3.05) is 20.2 Å². The second-order valence-electron chi connectivity index (χ2n) is 7.54. The molecule has 0 spiro atoms. The van der Waals surface area contributed by atoms with E-state index < -0.39 is 5.41 Å². The Bertz CT molecular complexity index is 610. The Kier molecular flexibility index (Phi) is 7.06. The van der Waals surface area contributed by atoms with Crippen LogP contribution < -0.4 is 10.1 Å². The predicted octanol–water partition coefficient (Wildman–Crippen LogP) is 3.17. The van der Waals surface area contributed by atoms with Gasteiger partial charge < -0.3 is 15.0 Å². The quantitative estimate of drug-likeness (QED) is 0.760. The molecular formula is C21H32N2O3. The zero-order valence-electron chi connectivity index (χ0n) is 16.5. The minimum absolute atomic E-state index is 0.0500. The Hall–Kier alpha value is -2.04. The molecule has 0 bridgehead atoms. The number of piperidine rings is 1. The van der Waals surface area contributed by atoms with Crippen LogP contribution in [-0.4, -0.2) is 43.0 Å². The molecule has 144 valence electrons. The summed E-state index contributed by atoms with van der Waals surface area (Å²) >= 11 is 0. The van der Waals surface area contributed by atoms with E-state index in [2.05, 4.69) is 12.2 Å². The van der Waals surface area contributed by atoms with Gasteiger partial charge in [0.05, 0.1) is 7.11 Å². The highest BCUT2D eigenvalue weighted by Crippen LogP contribution is 2.27. The van der Waals surface area contributed by atoms with Gasteiger partial charge in [0, 0.05) is 19.1 Å². The highest BCUT2D eigenvalue weighted by atomic mass is 16.5. The summed E-state index contributed by atoms with van der Waals surface area (Å²) < 4.78 is 5.15. The summed E-state index contributed by atoms with van der Waals surface area (Å²) in [5, 5.41) is 2.94. The Labute approximate surface area is 157 Å². The number of methoxy groups -OCH3 is 1. The highest BCUT2D eigenvalue weighted by molar-refractivity contribution is 6.04. The topological polar surface area (TPSA) is 58.6 Å². The van der Waals surface area contributed by atoms with Crippen LogP contribution in [0, 0.1) is 5.41 Å². The average Bonchev–Trinajstić information content (AvgIpc) is 2.67. The molecule has 1 atom stereocenters. The second-order valence-corrected chi connectivity index (χ2v) is 7.54. The first-order chi connectivity index (χ1) is 12.4. The van der Waals surface area contributed by atoms with Crippen LogP contribution in [0.15, 0.2) is 24.3 Å². The van der Waals surface area contributed by atoms with Crippen molar-refractivity contribution in [3.63, 3.8) is 0 Å².